The Labute approximate surface area is 98.3 Å². The molecule has 0 saturated heterocycles. The summed E-state index contributed by atoms with van der Waals surface area (Å²) in [5.74, 6) is -0.208. The van der Waals surface area contributed by atoms with Crippen molar-refractivity contribution in [2.24, 2.45) is 0 Å². The van der Waals surface area contributed by atoms with E-state index in [0.717, 1.165) is 5.76 Å². The van der Waals surface area contributed by atoms with Gasteiger partial charge in [0, 0.05) is 19.4 Å². The summed E-state index contributed by atoms with van der Waals surface area (Å²) in [6.45, 7) is 0.511. The van der Waals surface area contributed by atoms with Crippen molar-refractivity contribution >= 4 is 11.7 Å². The highest BCUT2D eigenvalue weighted by atomic mass is 16.4. The second-order valence-corrected chi connectivity index (χ2v) is 3.63. The number of hydrogen-bond donors (Lipinski definition) is 1. The summed E-state index contributed by atoms with van der Waals surface area (Å²) in [5.41, 5.74) is 0.797. The number of carbonyl (C=O) groups is 1. The van der Waals surface area contributed by atoms with Crippen LogP contribution >= 0.6 is 0 Å². The fourth-order valence-corrected chi connectivity index (χ4v) is 1.61. The fourth-order valence-electron chi connectivity index (χ4n) is 1.61. The number of aromatic carboxylic acids is 1. The number of carboxylic acid groups (broad SMARTS) is 1. The highest BCUT2D eigenvalue weighted by Gasteiger charge is 2.14. The largest absolute Gasteiger partial charge is 0.478 e. The van der Waals surface area contributed by atoms with E-state index in [1.807, 2.05) is 18.0 Å². The number of anilines is 1. The molecule has 0 spiro atoms. The summed E-state index contributed by atoms with van der Waals surface area (Å²) in [6, 6.07) is 5.32. The maximum Gasteiger partial charge on any atom is 0.339 e. The summed E-state index contributed by atoms with van der Waals surface area (Å²) in [7, 11) is 1.81. The fraction of sp³-hybridized carbons (Fsp3) is 0.167. The van der Waals surface area contributed by atoms with Crippen molar-refractivity contribution in [1.82, 2.24) is 4.98 Å². The number of carboxylic acids is 1. The molecular formula is C12H12N2O3. The number of rotatable bonds is 4. The van der Waals surface area contributed by atoms with Crippen molar-refractivity contribution in [3.05, 3.63) is 48.2 Å². The maximum absolute atomic E-state index is 11.0. The zero-order chi connectivity index (χ0) is 12.3. The molecule has 0 aliphatic rings. The molecule has 0 fully saturated rings. The number of hydrogen-bond acceptors (Lipinski definition) is 4. The molecule has 88 valence electrons. The van der Waals surface area contributed by atoms with E-state index >= 15 is 0 Å². The van der Waals surface area contributed by atoms with Crippen LogP contribution in [0.15, 0.2) is 41.3 Å². The first-order valence-electron chi connectivity index (χ1n) is 5.09. The van der Waals surface area contributed by atoms with Gasteiger partial charge in [-0.25, -0.2) is 4.79 Å². The molecule has 0 radical (unpaired) electrons. The SMILES string of the molecule is CN(Cc1ccco1)c1ccncc1C(=O)O. The van der Waals surface area contributed by atoms with E-state index in [1.54, 1.807) is 24.6 Å². The third kappa shape index (κ3) is 2.44. The van der Waals surface area contributed by atoms with E-state index < -0.39 is 5.97 Å². The van der Waals surface area contributed by atoms with Crippen LogP contribution in [0.3, 0.4) is 0 Å². The molecule has 2 aromatic heterocycles. The topological polar surface area (TPSA) is 66.6 Å². The van der Waals surface area contributed by atoms with Crippen LogP contribution < -0.4 is 4.90 Å². The molecule has 5 nitrogen and oxygen atoms in total. The van der Waals surface area contributed by atoms with Gasteiger partial charge in [0.2, 0.25) is 0 Å². The van der Waals surface area contributed by atoms with Gasteiger partial charge in [-0.2, -0.15) is 0 Å². The van der Waals surface area contributed by atoms with E-state index in [0.29, 0.717) is 12.2 Å². The van der Waals surface area contributed by atoms with Crippen molar-refractivity contribution in [3.63, 3.8) is 0 Å². The van der Waals surface area contributed by atoms with E-state index in [-0.39, 0.29) is 5.56 Å². The number of aromatic nitrogens is 1. The van der Waals surface area contributed by atoms with Gasteiger partial charge in [-0.05, 0) is 18.2 Å². The molecule has 2 rings (SSSR count). The van der Waals surface area contributed by atoms with E-state index in [2.05, 4.69) is 4.98 Å². The van der Waals surface area contributed by atoms with Crippen LogP contribution in [0.1, 0.15) is 16.1 Å². The van der Waals surface area contributed by atoms with Crippen molar-refractivity contribution in [2.75, 3.05) is 11.9 Å². The van der Waals surface area contributed by atoms with Crippen molar-refractivity contribution in [2.45, 2.75) is 6.54 Å². The monoisotopic (exact) mass is 232 g/mol. The first kappa shape index (κ1) is 11.2. The summed E-state index contributed by atoms with van der Waals surface area (Å²) >= 11 is 0. The van der Waals surface area contributed by atoms with Crippen molar-refractivity contribution in [1.29, 1.82) is 0 Å². The van der Waals surface area contributed by atoms with Gasteiger partial charge in [0.05, 0.1) is 18.5 Å². The molecule has 0 amide bonds. The van der Waals surface area contributed by atoms with E-state index in [9.17, 15) is 4.79 Å². The molecule has 17 heavy (non-hydrogen) atoms. The molecular weight excluding hydrogens is 220 g/mol. The Balaban J connectivity index is 2.24. The zero-order valence-corrected chi connectivity index (χ0v) is 9.33. The lowest BCUT2D eigenvalue weighted by Crippen LogP contribution is -2.19. The van der Waals surface area contributed by atoms with Gasteiger partial charge in [0.25, 0.3) is 0 Å². The normalized spacial score (nSPS) is 10.2. The van der Waals surface area contributed by atoms with Gasteiger partial charge >= 0.3 is 5.97 Å². The highest BCUT2D eigenvalue weighted by Crippen LogP contribution is 2.20. The first-order valence-corrected chi connectivity index (χ1v) is 5.09. The van der Waals surface area contributed by atoms with Gasteiger partial charge in [0.15, 0.2) is 0 Å². The van der Waals surface area contributed by atoms with Crippen LogP contribution in [-0.2, 0) is 6.54 Å². The average molecular weight is 232 g/mol. The van der Waals surface area contributed by atoms with Crippen LogP contribution in [0, 0.1) is 0 Å². The standard InChI is InChI=1S/C12H12N2O3/c1-14(8-9-3-2-6-17-9)11-4-5-13-7-10(11)12(15)16/h2-7H,8H2,1H3,(H,15,16). The summed E-state index contributed by atoms with van der Waals surface area (Å²) in [4.78, 5) is 16.7. The maximum atomic E-state index is 11.0. The smallest absolute Gasteiger partial charge is 0.339 e. The Morgan fingerprint density at radius 3 is 3.00 bits per heavy atom. The minimum absolute atomic E-state index is 0.182. The Hall–Kier alpha value is -2.30. The number of nitrogens with zero attached hydrogens (tertiary/aromatic N) is 2. The lowest BCUT2D eigenvalue weighted by Gasteiger charge is -2.19. The summed E-state index contributed by atoms with van der Waals surface area (Å²) in [5, 5.41) is 9.05. The van der Waals surface area contributed by atoms with Crippen LogP contribution in [0.2, 0.25) is 0 Å². The predicted molar refractivity (Wildman–Crippen MR) is 62.0 cm³/mol. The third-order valence-corrected chi connectivity index (χ3v) is 2.41. The molecule has 0 unspecified atom stereocenters. The molecule has 2 heterocycles. The van der Waals surface area contributed by atoms with Gasteiger partial charge in [0.1, 0.15) is 11.3 Å². The number of pyridine rings is 1. The molecule has 0 saturated carbocycles. The minimum atomic E-state index is -0.987. The molecule has 0 aliphatic heterocycles. The second kappa shape index (κ2) is 4.69. The van der Waals surface area contributed by atoms with Crippen LogP contribution in [0.5, 0.6) is 0 Å². The van der Waals surface area contributed by atoms with Crippen LogP contribution in [-0.4, -0.2) is 23.1 Å². The third-order valence-electron chi connectivity index (χ3n) is 2.41. The van der Waals surface area contributed by atoms with Gasteiger partial charge in [-0.1, -0.05) is 0 Å². The summed E-state index contributed by atoms with van der Waals surface area (Å²) < 4.78 is 5.22. The Morgan fingerprint density at radius 1 is 1.53 bits per heavy atom. The Morgan fingerprint density at radius 2 is 2.35 bits per heavy atom. The van der Waals surface area contributed by atoms with Crippen molar-refractivity contribution in [3.8, 4) is 0 Å². The van der Waals surface area contributed by atoms with Crippen molar-refractivity contribution < 1.29 is 14.3 Å². The number of furan rings is 1. The zero-order valence-electron chi connectivity index (χ0n) is 9.33. The quantitative estimate of drug-likeness (QED) is 0.873. The van der Waals surface area contributed by atoms with E-state index in [4.69, 9.17) is 9.52 Å². The second-order valence-electron chi connectivity index (χ2n) is 3.63. The molecule has 0 atom stereocenters. The highest BCUT2D eigenvalue weighted by molar-refractivity contribution is 5.93. The van der Waals surface area contributed by atoms with Gasteiger partial charge in [-0.15, -0.1) is 0 Å². The molecule has 5 heteroatoms. The Bertz CT molecular complexity index is 508. The molecule has 0 aliphatic carbocycles. The first-order chi connectivity index (χ1) is 8.18. The molecule has 0 bridgehead atoms. The molecule has 2 aromatic rings. The minimum Gasteiger partial charge on any atom is -0.478 e. The lowest BCUT2D eigenvalue weighted by molar-refractivity contribution is 0.0697. The predicted octanol–water partition coefficient (Wildman–Crippen LogP) is 2.01. The van der Waals surface area contributed by atoms with Gasteiger partial charge < -0.3 is 14.4 Å². The van der Waals surface area contributed by atoms with Crippen LogP contribution in [0.4, 0.5) is 5.69 Å². The summed E-state index contributed by atoms with van der Waals surface area (Å²) in [6.07, 6.45) is 4.50. The molecule has 0 aromatic carbocycles. The lowest BCUT2D eigenvalue weighted by atomic mass is 10.2. The van der Waals surface area contributed by atoms with Crippen LogP contribution in [0.25, 0.3) is 0 Å². The Kier molecular flexibility index (Phi) is 3.09. The van der Waals surface area contributed by atoms with E-state index in [1.165, 1.54) is 6.20 Å². The molecule has 1 N–H and O–H groups in total. The average Bonchev–Trinajstić information content (AvgIpc) is 2.81. The van der Waals surface area contributed by atoms with Gasteiger partial charge in [-0.3, -0.25) is 4.98 Å².